The molecule has 3 aromatic heterocycles. The Morgan fingerprint density at radius 3 is 2.46 bits per heavy atom. The Labute approximate surface area is 164 Å². The third-order valence-corrected chi connectivity index (χ3v) is 6.03. The molecule has 28 heavy (non-hydrogen) atoms. The van der Waals surface area contributed by atoms with Gasteiger partial charge in [-0.3, -0.25) is 4.90 Å². The van der Waals surface area contributed by atoms with Gasteiger partial charge in [0.25, 0.3) is 0 Å². The molecule has 0 aromatic carbocycles. The summed E-state index contributed by atoms with van der Waals surface area (Å²) in [5, 5.41) is 13.1. The van der Waals surface area contributed by atoms with Crippen molar-refractivity contribution >= 4 is 5.65 Å². The zero-order valence-electron chi connectivity index (χ0n) is 16.2. The normalized spacial score (nSPS) is 19.0. The van der Waals surface area contributed by atoms with Crippen molar-refractivity contribution in [1.82, 2.24) is 34.7 Å². The Morgan fingerprint density at radius 1 is 1.00 bits per heavy atom. The van der Waals surface area contributed by atoms with Crippen molar-refractivity contribution in [3.8, 4) is 5.88 Å². The molecule has 0 unspecified atom stereocenters. The third kappa shape index (κ3) is 3.32. The number of fused-ring (bicyclic) bond motifs is 1. The second-order valence-electron chi connectivity index (χ2n) is 7.83. The van der Waals surface area contributed by atoms with Gasteiger partial charge in [0.1, 0.15) is 5.82 Å². The maximum absolute atomic E-state index is 5.24. The molecule has 2 fully saturated rings. The van der Waals surface area contributed by atoms with Crippen molar-refractivity contribution < 1.29 is 4.74 Å². The second kappa shape index (κ2) is 7.43. The van der Waals surface area contributed by atoms with Crippen LogP contribution in [0.25, 0.3) is 5.65 Å². The zero-order valence-corrected chi connectivity index (χ0v) is 16.2. The van der Waals surface area contributed by atoms with E-state index in [-0.39, 0.29) is 0 Å². The molecule has 0 bridgehead atoms. The van der Waals surface area contributed by atoms with Crippen LogP contribution in [0, 0.1) is 0 Å². The number of nitrogens with zero attached hydrogens (tertiary/aromatic N) is 7. The maximum Gasteiger partial charge on any atom is 0.231 e. The van der Waals surface area contributed by atoms with E-state index in [2.05, 4.69) is 30.2 Å². The lowest BCUT2D eigenvalue weighted by molar-refractivity contribution is 0.200. The third-order valence-electron chi connectivity index (χ3n) is 6.03. The number of hydrogen-bond donors (Lipinski definition) is 0. The predicted molar refractivity (Wildman–Crippen MR) is 103 cm³/mol. The Hall–Kier alpha value is -2.61. The van der Waals surface area contributed by atoms with E-state index < -0.39 is 0 Å². The largest absolute Gasteiger partial charge is 0.480 e. The van der Waals surface area contributed by atoms with Gasteiger partial charge in [0, 0.05) is 42.4 Å². The van der Waals surface area contributed by atoms with Crippen LogP contribution in [-0.2, 0) is 6.54 Å². The van der Waals surface area contributed by atoms with E-state index in [9.17, 15) is 0 Å². The maximum atomic E-state index is 5.24. The first-order chi connectivity index (χ1) is 13.8. The number of likely N-dealkylation sites (tertiary alicyclic amines) is 1. The van der Waals surface area contributed by atoms with Crippen molar-refractivity contribution in [2.45, 2.75) is 50.5 Å². The number of rotatable bonds is 5. The molecular formula is C20H25N7O. The Kier molecular flexibility index (Phi) is 4.64. The molecule has 8 heteroatoms. The molecule has 1 saturated heterocycles. The van der Waals surface area contributed by atoms with Crippen LogP contribution < -0.4 is 4.74 Å². The van der Waals surface area contributed by atoms with Gasteiger partial charge in [-0.2, -0.15) is 4.52 Å². The van der Waals surface area contributed by atoms with Crippen LogP contribution in [0.2, 0.25) is 0 Å². The summed E-state index contributed by atoms with van der Waals surface area (Å²) in [6.45, 7) is 2.95. The van der Waals surface area contributed by atoms with Crippen molar-refractivity contribution in [3.05, 3.63) is 41.7 Å². The van der Waals surface area contributed by atoms with Crippen molar-refractivity contribution in [1.29, 1.82) is 0 Å². The highest BCUT2D eigenvalue weighted by atomic mass is 16.5. The van der Waals surface area contributed by atoms with Crippen molar-refractivity contribution in [2.75, 3.05) is 20.2 Å². The Bertz CT molecular complexity index is 943. The second-order valence-corrected chi connectivity index (χ2v) is 7.83. The van der Waals surface area contributed by atoms with Crippen molar-refractivity contribution in [2.24, 2.45) is 0 Å². The Morgan fingerprint density at radius 2 is 1.79 bits per heavy atom. The molecule has 0 amide bonds. The van der Waals surface area contributed by atoms with Crippen molar-refractivity contribution in [3.63, 3.8) is 0 Å². The van der Waals surface area contributed by atoms with Crippen LogP contribution >= 0.6 is 0 Å². The molecule has 1 saturated carbocycles. The highest BCUT2D eigenvalue weighted by Gasteiger charge is 2.26. The van der Waals surface area contributed by atoms with Gasteiger partial charge in [-0.05, 0) is 44.8 Å². The summed E-state index contributed by atoms with van der Waals surface area (Å²) in [7, 11) is 1.62. The molecular weight excluding hydrogens is 354 g/mol. The first-order valence-corrected chi connectivity index (χ1v) is 10.1. The molecule has 5 rings (SSSR count). The molecule has 0 atom stereocenters. The number of piperidine rings is 1. The lowest BCUT2D eigenvalue weighted by Crippen LogP contribution is -2.33. The van der Waals surface area contributed by atoms with Gasteiger partial charge < -0.3 is 4.74 Å². The quantitative estimate of drug-likeness (QED) is 0.674. The SMILES string of the molecule is COc1ccc2nnc(C3CCN(Cc4cnc(C5CCC5)nc4)CC3)n2n1. The highest BCUT2D eigenvalue weighted by molar-refractivity contribution is 5.38. The number of aromatic nitrogens is 6. The topological polar surface area (TPSA) is 81.3 Å². The monoisotopic (exact) mass is 379 g/mol. The minimum absolute atomic E-state index is 0.364. The van der Waals surface area contributed by atoms with E-state index in [4.69, 9.17) is 4.74 Å². The molecule has 4 heterocycles. The summed E-state index contributed by atoms with van der Waals surface area (Å²) >= 11 is 0. The molecule has 1 aliphatic carbocycles. The molecule has 2 aliphatic rings. The Balaban J connectivity index is 1.21. The smallest absolute Gasteiger partial charge is 0.231 e. The minimum Gasteiger partial charge on any atom is -0.480 e. The van der Waals surface area contributed by atoms with Gasteiger partial charge >= 0.3 is 0 Å². The lowest BCUT2D eigenvalue weighted by Gasteiger charge is -2.31. The van der Waals surface area contributed by atoms with Gasteiger partial charge in [0.15, 0.2) is 11.5 Å². The summed E-state index contributed by atoms with van der Waals surface area (Å²) in [4.78, 5) is 11.7. The fourth-order valence-electron chi connectivity index (χ4n) is 4.08. The van der Waals surface area contributed by atoms with E-state index in [1.54, 1.807) is 7.11 Å². The van der Waals surface area contributed by atoms with E-state index in [1.165, 1.54) is 24.8 Å². The number of ether oxygens (including phenoxy) is 1. The lowest BCUT2D eigenvalue weighted by atomic mass is 9.85. The van der Waals surface area contributed by atoms with Crippen LogP contribution in [0.15, 0.2) is 24.5 Å². The van der Waals surface area contributed by atoms with Crippen LogP contribution in [0.4, 0.5) is 0 Å². The summed E-state index contributed by atoms with van der Waals surface area (Å²) in [5.74, 6) is 3.49. The fraction of sp³-hybridized carbons (Fsp3) is 0.550. The van der Waals surface area contributed by atoms with Crippen LogP contribution in [0.3, 0.4) is 0 Å². The average molecular weight is 379 g/mol. The standard InChI is InChI=1S/C20H25N7O/c1-28-18-6-5-17-23-24-20(27(17)25-18)16-7-9-26(10-8-16)13-14-11-21-19(22-12-14)15-3-2-4-15/h5-6,11-12,15-16H,2-4,7-10,13H2,1H3. The molecule has 146 valence electrons. The van der Waals surface area contributed by atoms with E-state index in [0.717, 1.165) is 49.8 Å². The zero-order chi connectivity index (χ0) is 18.9. The minimum atomic E-state index is 0.364. The first kappa shape index (κ1) is 17.5. The summed E-state index contributed by atoms with van der Waals surface area (Å²) in [6, 6.07) is 3.71. The number of hydrogen-bond acceptors (Lipinski definition) is 7. The van der Waals surface area contributed by atoms with E-state index in [1.807, 2.05) is 29.0 Å². The fourth-order valence-corrected chi connectivity index (χ4v) is 4.08. The predicted octanol–water partition coefficient (Wildman–Crippen LogP) is 2.57. The molecule has 3 aromatic rings. The molecule has 8 nitrogen and oxygen atoms in total. The van der Waals surface area contributed by atoms with Gasteiger partial charge in [0.2, 0.25) is 5.88 Å². The molecule has 1 aliphatic heterocycles. The molecule has 0 N–H and O–H groups in total. The summed E-state index contributed by atoms with van der Waals surface area (Å²) in [6.07, 6.45) is 9.90. The van der Waals surface area contributed by atoms with E-state index >= 15 is 0 Å². The number of methoxy groups -OCH3 is 1. The first-order valence-electron chi connectivity index (χ1n) is 10.1. The van der Waals surface area contributed by atoms with E-state index in [0.29, 0.717) is 17.7 Å². The average Bonchev–Trinajstić information content (AvgIpc) is 3.12. The van der Waals surface area contributed by atoms with Gasteiger partial charge in [0.05, 0.1) is 7.11 Å². The van der Waals surface area contributed by atoms with Crippen LogP contribution in [0.1, 0.15) is 61.2 Å². The summed E-state index contributed by atoms with van der Waals surface area (Å²) < 4.78 is 7.07. The van der Waals surface area contributed by atoms with Gasteiger partial charge in [-0.15, -0.1) is 15.3 Å². The van der Waals surface area contributed by atoms with Gasteiger partial charge in [-0.1, -0.05) is 6.42 Å². The highest BCUT2D eigenvalue weighted by Crippen LogP contribution is 2.34. The molecule has 0 radical (unpaired) electrons. The van der Waals surface area contributed by atoms with Crippen LogP contribution in [-0.4, -0.2) is 54.9 Å². The summed E-state index contributed by atoms with van der Waals surface area (Å²) in [5.41, 5.74) is 1.96. The molecule has 0 spiro atoms. The van der Waals surface area contributed by atoms with Gasteiger partial charge in [-0.25, -0.2) is 9.97 Å². The van der Waals surface area contributed by atoms with Crippen LogP contribution in [0.5, 0.6) is 5.88 Å².